The quantitative estimate of drug-likeness (QED) is 0.821. The first-order chi connectivity index (χ1) is 9.66. The lowest BCUT2D eigenvalue weighted by Gasteiger charge is -2.17. The molecule has 0 saturated heterocycles. The van der Waals surface area contributed by atoms with E-state index in [1.165, 1.54) is 5.56 Å². The summed E-state index contributed by atoms with van der Waals surface area (Å²) in [5.41, 5.74) is 2.29. The van der Waals surface area contributed by atoms with Crippen molar-refractivity contribution in [3.63, 3.8) is 0 Å². The van der Waals surface area contributed by atoms with Gasteiger partial charge in [0.1, 0.15) is 18.9 Å². The Morgan fingerprint density at radius 1 is 1.35 bits per heavy atom. The molecule has 0 fully saturated rings. The van der Waals surface area contributed by atoms with E-state index in [2.05, 4.69) is 34.0 Å². The standard InChI is InChI=1S/C14H19N3O2S/c1-10(2)12-5-3-4-6-13(12)15-7-11(18)9-19-14-8-16-20-17-14/h3-6,8,10-11,15,18H,7,9H2,1-2H3. The van der Waals surface area contributed by atoms with Crippen molar-refractivity contribution in [2.75, 3.05) is 18.5 Å². The van der Waals surface area contributed by atoms with E-state index in [0.29, 0.717) is 18.3 Å². The summed E-state index contributed by atoms with van der Waals surface area (Å²) >= 11 is 1.08. The second-order valence-electron chi connectivity index (χ2n) is 4.83. The molecule has 2 N–H and O–H groups in total. The lowest BCUT2D eigenvalue weighted by Crippen LogP contribution is -2.26. The van der Waals surface area contributed by atoms with E-state index in [9.17, 15) is 5.11 Å². The molecule has 5 nitrogen and oxygen atoms in total. The third-order valence-electron chi connectivity index (χ3n) is 2.88. The Morgan fingerprint density at radius 2 is 2.15 bits per heavy atom. The highest BCUT2D eigenvalue weighted by Crippen LogP contribution is 2.23. The third kappa shape index (κ3) is 4.18. The minimum absolute atomic E-state index is 0.197. The highest BCUT2D eigenvalue weighted by atomic mass is 32.1. The van der Waals surface area contributed by atoms with Crippen LogP contribution >= 0.6 is 11.7 Å². The van der Waals surface area contributed by atoms with Gasteiger partial charge >= 0.3 is 0 Å². The highest BCUT2D eigenvalue weighted by molar-refractivity contribution is 6.99. The molecule has 1 aromatic heterocycles. The van der Waals surface area contributed by atoms with Gasteiger partial charge < -0.3 is 15.2 Å². The Balaban J connectivity index is 1.82. The van der Waals surface area contributed by atoms with Crippen molar-refractivity contribution in [3.05, 3.63) is 36.0 Å². The Bertz CT molecular complexity index is 517. The Hall–Kier alpha value is -1.66. The zero-order chi connectivity index (χ0) is 14.4. The molecule has 0 aliphatic rings. The van der Waals surface area contributed by atoms with Crippen LogP contribution in [0.4, 0.5) is 5.69 Å². The maximum absolute atomic E-state index is 9.91. The van der Waals surface area contributed by atoms with Crippen molar-refractivity contribution >= 4 is 17.4 Å². The molecular formula is C14H19N3O2S. The average molecular weight is 293 g/mol. The molecule has 0 spiro atoms. The largest absolute Gasteiger partial charge is 0.473 e. The first-order valence-corrected chi connectivity index (χ1v) is 7.31. The molecule has 1 heterocycles. The molecule has 2 rings (SSSR count). The summed E-state index contributed by atoms with van der Waals surface area (Å²) in [7, 11) is 0. The molecule has 2 aromatic rings. The van der Waals surface area contributed by atoms with Crippen LogP contribution < -0.4 is 10.1 Å². The minimum Gasteiger partial charge on any atom is -0.473 e. The van der Waals surface area contributed by atoms with Crippen molar-refractivity contribution in [1.82, 2.24) is 8.75 Å². The monoisotopic (exact) mass is 293 g/mol. The van der Waals surface area contributed by atoms with Crippen LogP contribution in [0.5, 0.6) is 5.88 Å². The maximum atomic E-state index is 9.91. The van der Waals surface area contributed by atoms with E-state index < -0.39 is 6.10 Å². The molecule has 20 heavy (non-hydrogen) atoms. The second kappa shape index (κ2) is 7.21. The van der Waals surface area contributed by atoms with Crippen molar-refractivity contribution in [3.8, 4) is 5.88 Å². The number of aliphatic hydroxyl groups excluding tert-OH is 1. The van der Waals surface area contributed by atoms with Crippen LogP contribution in [0, 0.1) is 0 Å². The van der Waals surface area contributed by atoms with Crippen molar-refractivity contribution in [2.24, 2.45) is 0 Å². The molecule has 0 aliphatic heterocycles. The number of anilines is 1. The molecule has 1 unspecified atom stereocenters. The van der Waals surface area contributed by atoms with Crippen LogP contribution in [0.1, 0.15) is 25.3 Å². The number of rotatable bonds is 7. The van der Waals surface area contributed by atoms with E-state index in [4.69, 9.17) is 4.74 Å². The summed E-state index contributed by atoms with van der Waals surface area (Å²) in [5.74, 6) is 0.893. The van der Waals surface area contributed by atoms with Crippen LogP contribution in [0.2, 0.25) is 0 Å². The van der Waals surface area contributed by atoms with Gasteiger partial charge in [-0.1, -0.05) is 32.0 Å². The summed E-state index contributed by atoms with van der Waals surface area (Å²) in [6, 6.07) is 8.12. The lowest BCUT2D eigenvalue weighted by atomic mass is 10.0. The van der Waals surface area contributed by atoms with Gasteiger partial charge in [-0.15, -0.1) is 4.37 Å². The van der Waals surface area contributed by atoms with Crippen molar-refractivity contribution in [1.29, 1.82) is 0 Å². The number of benzene rings is 1. The van der Waals surface area contributed by atoms with Gasteiger partial charge in [0.05, 0.1) is 11.7 Å². The van der Waals surface area contributed by atoms with E-state index in [1.54, 1.807) is 6.20 Å². The predicted octanol–water partition coefficient (Wildman–Crippen LogP) is 2.51. The molecule has 6 heteroatoms. The Kier molecular flexibility index (Phi) is 5.31. The summed E-state index contributed by atoms with van der Waals surface area (Å²) in [5, 5.41) is 13.2. The van der Waals surface area contributed by atoms with E-state index in [1.807, 2.05) is 18.2 Å². The van der Waals surface area contributed by atoms with Gasteiger partial charge in [-0.2, -0.15) is 4.37 Å². The molecule has 1 atom stereocenters. The summed E-state index contributed by atoms with van der Waals surface area (Å²) in [4.78, 5) is 0. The first kappa shape index (κ1) is 14.7. The van der Waals surface area contributed by atoms with E-state index in [0.717, 1.165) is 17.4 Å². The topological polar surface area (TPSA) is 67.3 Å². The number of aromatic nitrogens is 2. The smallest absolute Gasteiger partial charge is 0.245 e. The SMILES string of the molecule is CC(C)c1ccccc1NCC(O)COc1cnsn1. The first-order valence-electron chi connectivity index (χ1n) is 6.58. The lowest BCUT2D eigenvalue weighted by molar-refractivity contribution is 0.115. The van der Waals surface area contributed by atoms with Gasteiger partial charge in [0.25, 0.3) is 0 Å². The summed E-state index contributed by atoms with van der Waals surface area (Å²) in [6.45, 7) is 4.92. The number of hydrogen-bond acceptors (Lipinski definition) is 6. The Labute approximate surface area is 122 Å². The summed E-state index contributed by atoms with van der Waals surface area (Å²) < 4.78 is 13.1. The van der Waals surface area contributed by atoms with Gasteiger partial charge in [0.15, 0.2) is 0 Å². The fourth-order valence-electron chi connectivity index (χ4n) is 1.85. The molecule has 0 radical (unpaired) electrons. The Morgan fingerprint density at radius 3 is 2.85 bits per heavy atom. The minimum atomic E-state index is -0.600. The van der Waals surface area contributed by atoms with Crippen molar-refractivity contribution < 1.29 is 9.84 Å². The van der Waals surface area contributed by atoms with Crippen molar-refractivity contribution in [2.45, 2.75) is 25.9 Å². The van der Waals surface area contributed by atoms with Crippen LogP contribution in [0.25, 0.3) is 0 Å². The van der Waals surface area contributed by atoms with Crippen LogP contribution in [0.15, 0.2) is 30.5 Å². The molecule has 0 amide bonds. The van der Waals surface area contributed by atoms with E-state index >= 15 is 0 Å². The van der Waals surface area contributed by atoms with Gasteiger partial charge in [-0.05, 0) is 17.5 Å². The molecule has 0 saturated carbocycles. The number of aliphatic hydroxyl groups is 1. The number of nitrogens with zero attached hydrogens (tertiary/aromatic N) is 2. The zero-order valence-electron chi connectivity index (χ0n) is 11.6. The highest BCUT2D eigenvalue weighted by Gasteiger charge is 2.09. The van der Waals surface area contributed by atoms with Gasteiger partial charge in [0, 0.05) is 12.2 Å². The fourth-order valence-corrected chi connectivity index (χ4v) is 2.21. The fraction of sp³-hybridized carbons (Fsp3) is 0.429. The molecule has 108 valence electrons. The molecule has 1 aromatic carbocycles. The molecule has 0 aliphatic carbocycles. The predicted molar refractivity (Wildman–Crippen MR) is 80.4 cm³/mol. The van der Waals surface area contributed by atoms with Crippen LogP contribution in [-0.4, -0.2) is 33.1 Å². The van der Waals surface area contributed by atoms with Gasteiger partial charge in [0.2, 0.25) is 5.88 Å². The number of nitrogens with one attached hydrogen (secondary N) is 1. The third-order valence-corrected chi connectivity index (χ3v) is 3.34. The molecule has 0 bridgehead atoms. The number of ether oxygens (including phenoxy) is 1. The summed E-state index contributed by atoms with van der Waals surface area (Å²) in [6.07, 6.45) is 0.940. The van der Waals surface area contributed by atoms with Crippen LogP contribution in [0.3, 0.4) is 0 Å². The average Bonchev–Trinajstić information content (AvgIpc) is 2.96. The van der Waals surface area contributed by atoms with Gasteiger partial charge in [-0.25, -0.2) is 0 Å². The zero-order valence-corrected chi connectivity index (χ0v) is 12.4. The van der Waals surface area contributed by atoms with Crippen LogP contribution in [-0.2, 0) is 0 Å². The second-order valence-corrected chi connectivity index (χ2v) is 5.39. The molecular weight excluding hydrogens is 274 g/mol. The van der Waals surface area contributed by atoms with Gasteiger partial charge in [-0.3, -0.25) is 0 Å². The normalized spacial score (nSPS) is 12.4. The number of para-hydroxylation sites is 1. The van der Waals surface area contributed by atoms with E-state index in [-0.39, 0.29) is 6.61 Å². The maximum Gasteiger partial charge on any atom is 0.245 e. The number of hydrogen-bond donors (Lipinski definition) is 2.